The summed E-state index contributed by atoms with van der Waals surface area (Å²) in [6.45, 7) is 11.2. The highest BCUT2D eigenvalue weighted by Crippen LogP contribution is 2.21. The fourth-order valence-electron chi connectivity index (χ4n) is 3.07. The van der Waals surface area contributed by atoms with Gasteiger partial charge in [0, 0.05) is 0 Å². The highest BCUT2D eigenvalue weighted by molar-refractivity contribution is 4.67. The summed E-state index contributed by atoms with van der Waals surface area (Å²) in [5, 5.41) is 0. The van der Waals surface area contributed by atoms with Crippen LogP contribution in [0.2, 0.25) is 0 Å². The van der Waals surface area contributed by atoms with Crippen LogP contribution in [-0.2, 0) is 4.74 Å². The van der Waals surface area contributed by atoms with E-state index in [0.717, 1.165) is 0 Å². The lowest BCUT2D eigenvalue weighted by molar-refractivity contribution is -0.0677. The molecule has 0 atom stereocenters. The first-order valence-corrected chi connectivity index (χ1v) is 10.2. The van der Waals surface area contributed by atoms with Crippen LogP contribution < -0.4 is 0 Å². The lowest BCUT2D eigenvalue weighted by Gasteiger charge is -2.28. The van der Waals surface area contributed by atoms with Gasteiger partial charge in [-0.05, 0) is 33.6 Å². The molecule has 0 saturated carbocycles. The third kappa shape index (κ3) is 16.3. The maximum atomic E-state index is 6.29. The minimum atomic E-state index is 0.00902. The van der Waals surface area contributed by atoms with Crippen LogP contribution >= 0.6 is 0 Å². The zero-order valence-electron chi connectivity index (χ0n) is 16.4. The second-order valence-electron chi connectivity index (χ2n) is 7.97. The largest absolute Gasteiger partial charge is 0.373 e. The highest BCUT2D eigenvalue weighted by atomic mass is 16.5. The quantitative estimate of drug-likeness (QED) is 0.282. The van der Waals surface area contributed by atoms with Crippen molar-refractivity contribution in [2.45, 2.75) is 136 Å². The van der Waals surface area contributed by atoms with Gasteiger partial charge in [-0.3, -0.25) is 0 Å². The van der Waals surface area contributed by atoms with Crippen molar-refractivity contribution in [3.05, 3.63) is 0 Å². The Morgan fingerprint density at radius 2 is 0.955 bits per heavy atom. The Labute approximate surface area is 141 Å². The summed E-state index contributed by atoms with van der Waals surface area (Å²) in [6.07, 6.45) is 19.6. The predicted octanol–water partition coefficient (Wildman–Crippen LogP) is 7.67. The zero-order chi connectivity index (χ0) is 16.7. The van der Waals surface area contributed by atoms with E-state index in [9.17, 15) is 0 Å². The van der Waals surface area contributed by atoms with E-state index in [1.54, 1.807) is 0 Å². The van der Waals surface area contributed by atoms with Crippen molar-refractivity contribution in [1.82, 2.24) is 0 Å². The fourth-order valence-corrected chi connectivity index (χ4v) is 3.07. The number of hydrogen-bond donors (Lipinski definition) is 0. The number of ether oxygens (including phenoxy) is 1. The molecule has 1 nitrogen and oxygen atoms in total. The van der Waals surface area contributed by atoms with Crippen LogP contribution in [0.15, 0.2) is 0 Å². The monoisotopic (exact) mass is 312 g/mol. The molecule has 0 rings (SSSR count). The van der Waals surface area contributed by atoms with Gasteiger partial charge in [0.1, 0.15) is 0 Å². The third-order valence-electron chi connectivity index (χ3n) is 4.28. The molecular weight excluding hydrogens is 268 g/mol. The Morgan fingerprint density at radius 3 is 1.32 bits per heavy atom. The minimum absolute atomic E-state index is 0.00902. The fraction of sp³-hybridized carbons (Fsp3) is 1.00. The molecule has 0 N–H and O–H groups in total. The number of unbranched alkanes of at least 4 members (excludes halogenated alkanes) is 10. The topological polar surface area (TPSA) is 9.23 Å². The average molecular weight is 313 g/mol. The second kappa shape index (κ2) is 14.5. The first-order valence-electron chi connectivity index (χ1n) is 10.2. The highest BCUT2D eigenvalue weighted by Gasteiger charge is 2.18. The third-order valence-corrected chi connectivity index (χ3v) is 4.28. The van der Waals surface area contributed by atoms with Crippen LogP contribution in [0.25, 0.3) is 0 Å². The van der Waals surface area contributed by atoms with Crippen molar-refractivity contribution < 1.29 is 4.74 Å². The molecule has 0 bridgehead atoms. The van der Waals surface area contributed by atoms with Gasteiger partial charge >= 0.3 is 0 Å². The van der Waals surface area contributed by atoms with Gasteiger partial charge in [0.25, 0.3) is 0 Å². The van der Waals surface area contributed by atoms with Gasteiger partial charge in [-0.2, -0.15) is 0 Å². The minimum Gasteiger partial charge on any atom is -0.373 e. The van der Waals surface area contributed by atoms with E-state index >= 15 is 0 Å². The molecule has 0 aromatic carbocycles. The molecule has 0 spiro atoms. The van der Waals surface area contributed by atoms with Crippen LogP contribution in [0.1, 0.15) is 125 Å². The lowest BCUT2D eigenvalue weighted by Crippen LogP contribution is -2.27. The Kier molecular flexibility index (Phi) is 14.5. The Balaban J connectivity index is 3.80. The molecular formula is C21H44O. The van der Waals surface area contributed by atoms with Gasteiger partial charge < -0.3 is 4.74 Å². The molecule has 0 radical (unpaired) electrons. The molecule has 0 aliphatic heterocycles. The van der Waals surface area contributed by atoms with Gasteiger partial charge in [0.2, 0.25) is 0 Å². The summed E-state index contributed by atoms with van der Waals surface area (Å²) in [5.74, 6) is 0. The van der Waals surface area contributed by atoms with E-state index in [-0.39, 0.29) is 5.60 Å². The van der Waals surface area contributed by atoms with Gasteiger partial charge in [-0.1, -0.05) is 90.9 Å². The molecule has 22 heavy (non-hydrogen) atoms. The molecule has 0 fully saturated rings. The SMILES string of the molecule is CCCCCCCCC(CCCCCCCC)OC(C)(C)C. The zero-order valence-corrected chi connectivity index (χ0v) is 16.4. The first kappa shape index (κ1) is 22.0. The molecule has 0 aromatic heterocycles. The van der Waals surface area contributed by atoms with Crippen LogP contribution in [0.5, 0.6) is 0 Å². The first-order chi connectivity index (χ1) is 10.5. The van der Waals surface area contributed by atoms with Gasteiger partial charge in [0.15, 0.2) is 0 Å². The number of rotatable bonds is 15. The molecule has 1 heteroatoms. The van der Waals surface area contributed by atoms with Gasteiger partial charge in [-0.15, -0.1) is 0 Å². The molecule has 134 valence electrons. The predicted molar refractivity (Wildman–Crippen MR) is 101 cm³/mol. The van der Waals surface area contributed by atoms with Crippen molar-refractivity contribution in [2.24, 2.45) is 0 Å². The normalized spacial score (nSPS) is 12.3. The Bertz CT molecular complexity index is 200. The van der Waals surface area contributed by atoms with Crippen LogP contribution in [-0.4, -0.2) is 11.7 Å². The van der Waals surface area contributed by atoms with Gasteiger partial charge in [-0.25, -0.2) is 0 Å². The van der Waals surface area contributed by atoms with Crippen LogP contribution in [0.4, 0.5) is 0 Å². The van der Waals surface area contributed by atoms with Crippen LogP contribution in [0, 0.1) is 0 Å². The Hall–Kier alpha value is -0.0400. The molecule has 0 aliphatic carbocycles. The van der Waals surface area contributed by atoms with E-state index in [0.29, 0.717) is 6.10 Å². The molecule has 0 saturated heterocycles. The second-order valence-corrected chi connectivity index (χ2v) is 7.97. The van der Waals surface area contributed by atoms with Gasteiger partial charge in [0.05, 0.1) is 11.7 Å². The average Bonchev–Trinajstić information content (AvgIpc) is 2.44. The number of hydrogen-bond acceptors (Lipinski definition) is 1. The summed E-state index contributed by atoms with van der Waals surface area (Å²) in [7, 11) is 0. The van der Waals surface area contributed by atoms with Crippen molar-refractivity contribution in [3.8, 4) is 0 Å². The molecule has 0 unspecified atom stereocenters. The van der Waals surface area contributed by atoms with E-state index in [4.69, 9.17) is 4.74 Å². The van der Waals surface area contributed by atoms with E-state index in [1.165, 1.54) is 89.9 Å². The standard InChI is InChI=1S/C21H44O/c1-6-8-10-12-14-16-18-20(22-21(3,4)5)19-17-15-13-11-9-7-2/h20H,6-19H2,1-5H3. The summed E-state index contributed by atoms with van der Waals surface area (Å²) < 4.78 is 6.29. The summed E-state index contributed by atoms with van der Waals surface area (Å²) >= 11 is 0. The maximum Gasteiger partial charge on any atom is 0.0602 e. The summed E-state index contributed by atoms with van der Waals surface area (Å²) in [4.78, 5) is 0. The molecule has 0 amide bonds. The molecule has 0 aromatic rings. The van der Waals surface area contributed by atoms with Crippen LogP contribution in [0.3, 0.4) is 0 Å². The molecule has 0 aliphatic rings. The summed E-state index contributed by atoms with van der Waals surface area (Å²) in [6, 6.07) is 0. The molecule has 0 heterocycles. The Morgan fingerprint density at radius 1 is 0.591 bits per heavy atom. The lowest BCUT2D eigenvalue weighted by atomic mass is 10.0. The maximum absolute atomic E-state index is 6.29. The van der Waals surface area contributed by atoms with Crippen molar-refractivity contribution in [3.63, 3.8) is 0 Å². The van der Waals surface area contributed by atoms with Crippen molar-refractivity contribution in [2.75, 3.05) is 0 Å². The smallest absolute Gasteiger partial charge is 0.0602 e. The van der Waals surface area contributed by atoms with Crippen molar-refractivity contribution in [1.29, 1.82) is 0 Å². The van der Waals surface area contributed by atoms with E-state index in [1.807, 2.05) is 0 Å². The van der Waals surface area contributed by atoms with E-state index < -0.39 is 0 Å². The summed E-state index contributed by atoms with van der Waals surface area (Å²) in [5.41, 5.74) is 0.00902. The van der Waals surface area contributed by atoms with E-state index in [2.05, 4.69) is 34.6 Å². The van der Waals surface area contributed by atoms with Crippen molar-refractivity contribution >= 4 is 0 Å².